The first kappa shape index (κ1) is 14.6. The van der Waals surface area contributed by atoms with Gasteiger partial charge in [0.25, 0.3) is 0 Å². The van der Waals surface area contributed by atoms with E-state index in [0.717, 1.165) is 25.3 Å². The molecule has 0 amide bonds. The first-order chi connectivity index (χ1) is 9.79. The van der Waals surface area contributed by atoms with Crippen molar-refractivity contribution >= 4 is 0 Å². The molecule has 0 spiro atoms. The molecule has 0 aliphatic carbocycles. The van der Waals surface area contributed by atoms with Crippen LogP contribution in [0.15, 0.2) is 54.6 Å². The molecule has 2 aromatic carbocycles. The summed E-state index contributed by atoms with van der Waals surface area (Å²) in [5.41, 5.74) is 2.55. The Hall–Kier alpha value is -1.80. The van der Waals surface area contributed by atoms with Gasteiger partial charge >= 0.3 is 0 Å². The molecule has 0 saturated heterocycles. The summed E-state index contributed by atoms with van der Waals surface area (Å²) >= 11 is 0. The number of benzene rings is 2. The second-order valence-corrected chi connectivity index (χ2v) is 4.97. The molecule has 20 heavy (non-hydrogen) atoms. The highest BCUT2D eigenvalue weighted by atomic mass is 16.5. The van der Waals surface area contributed by atoms with E-state index in [-0.39, 0.29) is 0 Å². The summed E-state index contributed by atoms with van der Waals surface area (Å²) in [6, 6.07) is 19.1. The third-order valence-corrected chi connectivity index (χ3v) is 3.32. The average molecular weight is 269 g/mol. The van der Waals surface area contributed by atoms with E-state index in [1.54, 1.807) is 0 Å². The molecule has 106 valence electrons. The van der Waals surface area contributed by atoms with Gasteiger partial charge in [-0.1, -0.05) is 49.4 Å². The van der Waals surface area contributed by atoms with Crippen molar-refractivity contribution in [2.75, 3.05) is 13.2 Å². The molecule has 0 saturated carbocycles. The lowest BCUT2D eigenvalue weighted by Gasteiger charge is -2.18. The minimum atomic E-state index is 0.353. The van der Waals surface area contributed by atoms with Crippen LogP contribution < -0.4 is 10.1 Å². The number of ether oxygens (including phenoxy) is 1. The molecule has 2 aromatic rings. The van der Waals surface area contributed by atoms with Crippen LogP contribution >= 0.6 is 0 Å². The molecule has 0 aromatic heterocycles. The van der Waals surface area contributed by atoms with Gasteiger partial charge in [0, 0.05) is 12.5 Å². The Labute approximate surface area is 121 Å². The zero-order valence-electron chi connectivity index (χ0n) is 12.3. The van der Waals surface area contributed by atoms with Gasteiger partial charge < -0.3 is 10.1 Å². The molecule has 0 bridgehead atoms. The van der Waals surface area contributed by atoms with Crippen molar-refractivity contribution in [3.63, 3.8) is 0 Å². The van der Waals surface area contributed by atoms with Gasteiger partial charge in [-0.2, -0.15) is 0 Å². The standard InChI is InChI=1S/C18H23NO/c1-3-19-18(16-9-5-4-6-10-16)12-13-20-17-11-7-8-15(2)14-17/h4-11,14,18-19H,3,12-13H2,1-2H3. The van der Waals surface area contributed by atoms with Gasteiger partial charge in [-0.05, 0) is 36.7 Å². The van der Waals surface area contributed by atoms with E-state index < -0.39 is 0 Å². The topological polar surface area (TPSA) is 21.3 Å². The van der Waals surface area contributed by atoms with Crippen LogP contribution in [0, 0.1) is 6.92 Å². The lowest BCUT2D eigenvalue weighted by molar-refractivity contribution is 0.287. The SMILES string of the molecule is CCNC(CCOc1cccc(C)c1)c1ccccc1. The number of aryl methyl sites for hydroxylation is 1. The normalized spacial score (nSPS) is 12.1. The minimum absolute atomic E-state index is 0.353. The van der Waals surface area contributed by atoms with Crippen LogP contribution in [0.4, 0.5) is 0 Å². The van der Waals surface area contributed by atoms with Crippen molar-refractivity contribution in [2.24, 2.45) is 0 Å². The zero-order valence-corrected chi connectivity index (χ0v) is 12.3. The van der Waals surface area contributed by atoms with Crippen LogP contribution in [0.25, 0.3) is 0 Å². The van der Waals surface area contributed by atoms with Gasteiger partial charge in [-0.15, -0.1) is 0 Å². The minimum Gasteiger partial charge on any atom is -0.494 e. The maximum absolute atomic E-state index is 5.85. The highest BCUT2D eigenvalue weighted by Crippen LogP contribution is 2.18. The van der Waals surface area contributed by atoms with E-state index in [2.05, 4.69) is 61.6 Å². The highest BCUT2D eigenvalue weighted by Gasteiger charge is 2.09. The van der Waals surface area contributed by atoms with Crippen LogP contribution in [-0.2, 0) is 0 Å². The molecule has 1 atom stereocenters. The fourth-order valence-electron chi connectivity index (χ4n) is 2.32. The largest absolute Gasteiger partial charge is 0.494 e. The fourth-order valence-corrected chi connectivity index (χ4v) is 2.32. The second-order valence-electron chi connectivity index (χ2n) is 4.97. The molecular formula is C18H23NO. The van der Waals surface area contributed by atoms with E-state index >= 15 is 0 Å². The molecule has 0 aliphatic heterocycles. The molecule has 0 fully saturated rings. The highest BCUT2D eigenvalue weighted by molar-refractivity contribution is 5.27. The third-order valence-electron chi connectivity index (χ3n) is 3.32. The molecule has 2 nitrogen and oxygen atoms in total. The van der Waals surface area contributed by atoms with Crippen molar-refractivity contribution in [3.8, 4) is 5.75 Å². The zero-order chi connectivity index (χ0) is 14.2. The molecule has 0 heterocycles. The maximum Gasteiger partial charge on any atom is 0.119 e. The second kappa shape index (κ2) is 7.71. The van der Waals surface area contributed by atoms with E-state index in [4.69, 9.17) is 4.74 Å². The van der Waals surface area contributed by atoms with E-state index in [1.165, 1.54) is 11.1 Å². The van der Waals surface area contributed by atoms with E-state index in [9.17, 15) is 0 Å². The van der Waals surface area contributed by atoms with E-state index in [0.29, 0.717) is 6.04 Å². The summed E-state index contributed by atoms with van der Waals surface area (Å²) in [5.74, 6) is 0.952. The van der Waals surface area contributed by atoms with Crippen LogP contribution in [0.5, 0.6) is 5.75 Å². The van der Waals surface area contributed by atoms with E-state index in [1.807, 2.05) is 12.1 Å². The Morgan fingerprint density at radius 1 is 1.05 bits per heavy atom. The van der Waals surface area contributed by atoms with Gasteiger partial charge in [0.05, 0.1) is 6.61 Å². The van der Waals surface area contributed by atoms with Gasteiger partial charge in [0.15, 0.2) is 0 Å². The number of hydrogen-bond donors (Lipinski definition) is 1. The number of hydrogen-bond acceptors (Lipinski definition) is 2. The lowest BCUT2D eigenvalue weighted by atomic mass is 10.0. The summed E-state index contributed by atoms with van der Waals surface area (Å²) < 4.78 is 5.85. The van der Waals surface area contributed by atoms with Gasteiger partial charge in [0.1, 0.15) is 5.75 Å². The van der Waals surface area contributed by atoms with Crippen LogP contribution in [-0.4, -0.2) is 13.2 Å². The molecular weight excluding hydrogens is 246 g/mol. The van der Waals surface area contributed by atoms with Crippen LogP contribution in [0.1, 0.15) is 30.5 Å². The number of nitrogens with one attached hydrogen (secondary N) is 1. The smallest absolute Gasteiger partial charge is 0.119 e. The molecule has 2 rings (SSSR count). The maximum atomic E-state index is 5.85. The summed E-state index contributed by atoms with van der Waals surface area (Å²) in [7, 11) is 0. The number of rotatable bonds is 7. The van der Waals surface area contributed by atoms with Crippen molar-refractivity contribution in [3.05, 3.63) is 65.7 Å². The Morgan fingerprint density at radius 2 is 1.85 bits per heavy atom. The predicted molar refractivity (Wildman–Crippen MR) is 84.2 cm³/mol. The van der Waals surface area contributed by atoms with Crippen molar-refractivity contribution < 1.29 is 4.74 Å². The lowest BCUT2D eigenvalue weighted by Crippen LogP contribution is -2.22. The summed E-state index contributed by atoms with van der Waals surface area (Å²) in [5, 5.41) is 3.52. The monoisotopic (exact) mass is 269 g/mol. The van der Waals surface area contributed by atoms with Crippen molar-refractivity contribution in [2.45, 2.75) is 26.3 Å². The first-order valence-corrected chi connectivity index (χ1v) is 7.27. The molecule has 0 radical (unpaired) electrons. The Kier molecular flexibility index (Phi) is 5.63. The molecule has 1 N–H and O–H groups in total. The molecule has 2 heteroatoms. The third kappa shape index (κ3) is 4.39. The Bertz CT molecular complexity index is 510. The first-order valence-electron chi connectivity index (χ1n) is 7.27. The quantitative estimate of drug-likeness (QED) is 0.816. The van der Waals surface area contributed by atoms with Crippen molar-refractivity contribution in [1.82, 2.24) is 5.32 Å². The summed E-state index contributed by atoms with van der Waals surface area (Å²) in [6.45, 7) is 5.90. The van der Waals surface area contributed by atoms with Gasteiger partial charge in [-0.3, -0.25) is 0 Å². The average Bonchev–Trinajstić information content (AvgIpc) is 2.47. The van der Waals surface area contributed by atoms with Crippen LogP contribution in [0.3, 0.4) is 0 Å². The predicted octanol–water partition coefficient (Wildman–Crippen LogP) is 4.11. The van der Waals surface area contributed by atoms with Crippen LogP contribution in [0.2, 0.25) is 0 Å². The summed E-state index contributed by atoms with van der Waals surface area (Å²) in [4.78, 5) is 0. The van der Waals surface area contributed by atoms with Gasteiger partial charge in [-0.25, -0.2) is 0 Å². The Balaban J connectivity index is 1.90. The van der Waals surface area contributed by atoms with Gasteiger partial charge in [0.2, 0.25) is 0 Å². The summed E-state index contributed by atoms with van der Waals surface area (Å²) in [6.07, 6.45) is 0.964. The fraction of sp³-hybridized carbons (Fsp3) is 0.333. The Morgan fingerprint density at radius 3 is 2.55 bits per heavy atom. The molecule has 0 aliphatic rings. The molecule has 1 unspecified atom stereocenters. The van der Waals surface area contributed by atoms with Crippen molar-refractivity contribution in [1.29, 1.82) is 0 Å².